The van der Waals surface area contributed by atoms with Crippen molar-refractivity contribution >= 4 is 17.9 Å². The van der Waals surface area contributed by atoms with E-state index in [0.717, 1.165) is 4.90 Å². The summed E-state index contributed by atoms with van der Waals surface area (Å²) in [6.07, 6.45) is 0. The van der Waals surface area contributed by atoms with E-state index in [1.165, 1.54) is 0 Å². The molecule has 0 aromatic heterocycles. The van der Waals surface area contributed by atoms with Crippen LogP contribution in [0.4, 0.5) is 0 Å². The standard InChI is InChI=1S/C8H14N2O6.3Ag/c11-6(12)3-9-1-2-10(4-7(13)14)5-8(15)16;;;/h9H,1-5H2,(H,11,12)(H,13,14)(H,15,16);;;/q;3*+1/p-3. The Balaban J connectivity index is -0.000000375. The van der Waals surface area contributed by atoms with Crippen molar-refractivity contribution in [3.8, 4) is 0 Å². The summed E-state index contributed by atoms with van der Waals surface area (Å²) in [5.74, 6) is -4.13. The van der Waals surface area contributed by atoms with Gasteiger partial charge >= 0.3 is 67.1 Å². The van der Waals surface area contributed by atoms with Gasteiger partial charge in [-0.15, -0.1) is 0 Å². The fourth-order valence-corrected chi connectivity index (χ4v) is 1.01. The fraction of sp³-hybridized carbons (Fsp3) is 0.625. The number of aliphatic carboxylic acids is 3. The third-order valence-electron chi connectivity index (χ3n) is 1.58. The Kier molecular flexibility index (Phi) is 24.3. The van der Waals surface area contributed by atoms with Crippen LogP contribution in [0.25, 0.3) is 0 Å². The molecule has 0 saturated heterocycles. The maximum atomic E-state index is 10.2. The van der Waals surface area contributed by atoms with E-state index in [1.54, 1.807) is 0 Å². The number of carboxylic acids is 3. The number of nitrogens with one attached hydrogen (secondary N) is 1. The Morgan fingerprint density at radius 2 is 1.26 bits per heavy atom. The van der Waals surface area contributed by atoms with Gasteiger partial charge in [0.25, 0.3) is 0 Å². The molecule has 0 aromatic carbocycles. The van der Waals surface area contributed by atoms with Crippen LogP contribution in [0.15, 0.2) is 0 Å². The molecule has 0 aromatic rings. The van der Waals surface area contributed by atoms with E-state index in [-0.39, 0.29) is 86.8 Å². The Morgan fingerprint density at radius 3 is 1.58 bits per heavy atom. The smallest absolute Gasteiger partial charge is 0.549 e. The van der Waals surface area contributed by atoms with Gasteiger partial charge in [0.05, 0.1) is 17.9 Å². The number of carboxylic acid groups (broad SMARTS) is 3. The molecular formula is C8H11Ag3N2O6. The van der Waals surface area contributed by atoms with Crippen LogP contribution in [0.2, 0.25) is 0 Å². The molecule has 0 spiro atoms. The molecule has 0 radical (unpaired) electrons. The first kappa shape index (κ1) is 27.8. The van der Waals surface area contributed by atoms with Gasteiger partial charge in [0.15, 0.2) is 0 Å². The van der Waals surface area contributed by atoms with Crippen LogP contribution < -0.4 is 20.6 Å². The summed E-state index contributed by atoms with van der Waals surface area (Å²) < 4.78 is 0. The van der Waals surface area contributed by atoms with Crippen LogP contribution in [0.3, 0.4) is 0 Å². The predicted octanol–water partition coefficient (Wildman–Crippen LogP) is -5.88. The van der Waals surface area contributed by atoms with Gasteiger partial charge in [-0.05, 0) is 0 Å². The van der Waals surface area contributed by atoms with Crippen molar-refractivity contribution in [1.82, 2.24) is 10.2 Å². The first-order valence-electron chi connectivity index (χ1n) is 4.44. The summed E-state index contributed by atoms with van der Waals surface area (Å²) in [4.78, 5) is 31.5. The molecule has 0 atom stereocenters. The maximum Gasteiger partial charge on any atom is 1.00 e. The normalized spacial score (nSPS) is 8.68. The number of carbonyl (C=O) groups is 3. The molecule has 0 saturated carbocycles. The molecule has 11 heteroatoms. The van der Waals surface area contributed by atoms with Crippen LogP contribution in [-0.4, -0.2) is 55.5 Å². The van der Waals surface area contributed by atoms with Gasteiger partial charge < -0.3 is 35.0 Å². The van der Waals surface area contributed by atoms with Gasteiger partial charge in [-0.3, -0.25) is 4.90 Å². The van der Waals surface area contributed by atoms with Crippen LogP contribution >= 0.6 is 0 Å². The van der Waals surface area contributed by atoms with Crippen molar-refractivity contribution in [1.29, 1.82) is 0 Å². The molecule has 0 fully saturated rings. The summed E-state index contributed by atoms with van der Waals surface area (Å²) in [5.41, 5.74) is 0. The summed E-state index contributed by atoms with van der Waals surface area (Å²) in [5, 5.41) is 32.9. The second kappa shape index (κ2) is 16.6. The van der Waals surface area contributed by atoms with Gasteiger partial charge in [-0.1, -0.05) is 0 Å². The largest absolute Gasteiger partial charge is 1.00 e. The monoisotopic (exact) mass is 552 g/mol. The van der Waals surface area contributed by atoms with Crippen molar-refractivity contribution in [3.63, 3.8) is 0 Å². The summed E-state index contributed by atoms with van der Waals surface area (Å²) in [6, 6.07) is 0. The maximum absolute atomic E-state index is 10.2. The van der Waals surface area contributed by atoms with Crippen LogP contribution in [-0.2, 0) is 81.5 Å². The van der Waals surface area contributed by atoms with Crippen molar-refractivity contribution in [3.05, 3.63) is 0 Å². The number of hydrogen-bond acceptors (Lipinski definition) is 8. The van der Waals surface area contributed by atoms with Gasteiger partial charge in [-0.2, -0.15) is 0 Å². The summed E-state index contributed by atoms with van der Waals surface area (Å²) >= 11 is 0. The Labute approximate surface area is 156 Å². The summed E-state index contributed by atoms with van der Waals surface area (Å²) in [6.45, 7) is -1.32. The zero-order valence-corrected chi connectivity index (χ0v) is 13.8. The minimum absolute atomic E-state index is 0. The molecule has 0 aliphatic carbocycles. The van der Waals surface area contributed by atoms with Crippen molar-refractivity contribution < 1.29 is 96.8 Å². The van der Waals surface area contributed by atoms with E-state index < -0.39 is 31.0 Å². The number of hydrogen-bond donors (Lipinski definition) is 1. The molecule has 0 amide bonds. The van der Waals surface area contributed by atoms with Gasteiger partial charge in [0.2, 0.25) is 0 Å². The Morgan fingerprint density at radius 1 is 0.842 bits per heavy atom. The minimum Gasteiger partial charge on any atom is -0.549 e. The van der Waals surface area contributed by atoms with Gasteiger partial charge in [0.1, 0.15) is 0 Å². The first-order valence-corrected chi connectivity index (χ1v) is 4.44. The molecule has 0 aliphatic rings. The van der Waals surface area contributed by atoms with Crippen molar-refractivity contribution in [2.75, 3.05) is 32.7 Å². The van der Waals surface area contributed by atoms with Crippen LogP contribution in [0.5, 0.6) is 0 Å². The molecular weight excluding hydrogens is 544 g/mol. The molecule has 0 bridgehead atoms. The Bertz CT molecular complexity index is 263. The molecule has 0 heterocycles. The zero-order valence-electron chi connectivity index (χ0n) is 9.34. The topological polar surface area (TPSA) is 136 Å². The van der Waals surface area contributed by atoms with E-state index >= 15 is 0 Å². The molecule has 8 nitrogen and oxygen atoms in total. The zero-order chi connectivity index (χ0) is 12.6. The van der Waals surface area contributed by atoms with Crippen LogP contribution in [0, 0.1) is 0 Å². The molecule has 0 unspecified atom stereocenters. The van der Waals surface area contributed by atoms with Crippen LogP contribution in [0.1, 0.15) is 0 Å². The summed E-state index contributed by atoms with van der Waals surface area (Å²) in [7, 11) is 0. The van der Waals surface area contributed by atoms with E-state index in [4.69, 9.17) is 0 Å². The van der Waals surface area contributed by atoms with E-state index in [2.05, 4.69) is 5.32 Å². The SMILES string of the molecule is O=C([O-])CNCCN(CC(=O)[O-])CC(=O)[O-].[Ag+].[Ag+].[Ag+]. The fourth-order valence-electron chi connectivity index (χ4n) is 1.01. The molecule has 122 valence electrons. The average Bonchev–Trinajstić information content (AvgIpc) is 2.09. The number of nitrogens with zero attached hydrogens (tertiary/aromatic N) is 1. The minimum atomic E-state index is -1.42. The predicted molar refractivity (Wildman–Crippen MR) is 44.3 cm³/mol. The van der Waals surface area contributed by atoms with E-state index in [9.17, 15) is 29.7 Å². The molecule has 19 heavy (non-hydrogen) atoms. The third-order valence-corrected chi connectivity index (χ3v) is 1.58. The quantitative estimate of drug-likeness (QED) is 0.220. The van der Waals surface area contributed by atoms with E-state index in [0.29, 0.717) is 0 Å². The average molecular weight is 555 g/mol. The second-order valence-corrected chi connectivity index (χ2v) is 3.00. The van der Waals surface area contributed by atoms with Gasteiger partial charge in [-0.25, -0.2) is 0 Å². The number of carbonyl (C=O) groups excluding carboxylic acids is 3. The Hall–Kier alpha value is 0.551. The van der Waals surface area contributed by atoms with Crippen molar-refractivity contribution in [2.24, 2.45) is 0 Å². The molecule has 1 N–H and O–H groups in total. The van der Waals surface area contributed by atoms with Crippen molar-refractivity contribution in [2.45, 2.75) is 0 Å². The van der Waals surface area contributed by atoms with Gasteiger partial charge in [0, 0.05) is 32.7 Å². The second-order valence-electron chi connectivity index (χ2n) is 3.00. The third kappa shape index (κ3) is 21.0. The first-order chi connectivity index (χ1) is 7.41. The number of rotatable bonds is 9. The molecule has 0 rings (SSSR count). The molecule has 0 aliphatic heterocycles. The van der Waals surface area contributed by atoms with E-state index in [1.807, 2.05) is 0 Å².